The molecule has 3 nitrogen and oxygen atoms in total. The van der Waals surface area contributed by atoms with E-state index in [9.17, 15) is 4.79 Å². The summed E-state index contributed by atoms with van der Waals surface area (Å²) in [6, 6.07) is 0. The normalized spacial score (nSPS) is 23.1. The third kappa shape index (κ3) is 5.36. The van der Waals surface area contributed by atoms with Gasteiger partial charge in [0, 0.05) is 0 Å². The highest BCUT2D eigenvalue weighted by Crippen LogP contribution is 2.10. The zero-order chi connectivity index (χ0) is 11.2. The molecule has 2 aliphatic heterocycles. The summed E-state index contributed by atoms with van der Waals surface area (Å²) in [6.45, 7) is 5.90. The average Bonchev–Trinajstić information content (AvgIpc) is 2.31. The number of piperidine rings is 2. The van der Waals surface area contributed by atoms with Crippen LogP contribution < -0.4 is 0 Å². The Labute approximate surface area is 111 Å². The van der Waals surface area contributed by atoms with Crippen LogP contribution in [-0.4, -0.2) is 54.9 Å². The molecule has 0 amide bonds. The highest BCUT2D eigenvalue weighted by Gasteiger charge is 2.17. The maximum absolute atomic E-state index is 11.9. The monoisotopic (exact) mass is 260 g/mol. The van der Waals surface area contributed by atoms with E-state index in [1.807, 2.05) is 0 Å². The Hall–Kier alpha value is -0.120. The van der Waals surface area contributed by atoms with Gasteiger partial charge in [-0.1, -0.05) is 12.8 Å². The number of ketones is 1. The Kier molecular flexibility index (Phi) is 7.09. The van der Waals surface area contributed by atoms with Crippen molar-refractivity contribution in [3.8, 4) is 0 Å². The summed E-state index contributed by atoms with van der Waals surface area (Å²) in [5, 5.41) is 0. The quantitative estimate of drug-likeness (QED) is 0.772. The van der Waals surface area contributed by atoms with Gasteiger partial charge in [-0.2, -0.15) is 0 Å². The molecule has 0 spiro atoms. The zero-order valence-electron chi connectivity index (χ0n) is 10.7. The number of Topliss-reactive ketones (excluding diaryl/α,β-unsaturated/α-hetero) is 1. The van der Waals surface area contributed by atoms with Gasteiger partial charge >= 0.3 is 0 Å². The lowest BCUT2D eigenvalue weighted by atomic mass is 10.1. The van der Waals surface area contributed by atoms with E-state index in [2.05, 4.69) is 9.80 Å². The largest absolute Gasteiger partial charge is 0.297 e. The van der Waals surface area contributed by atoms with E-state index in [1.165, 1.54) is 38.5 Å². The fourth-order valence-electron chi connectivity index (χ4n) is 2.78. The first kappa shape index (κ1) is 14.9. The Morgan fingerprint density at radius 3 is 1.41 bits per heavy atom. The van der Waals surface area contributed by atoms with Crippen molar-refractivity contribution < 1.29 is 4.79 Å². The molecule has 0 bridgehead atoms. The fourth-order valence-corrected chi connectivity index (χ4v) is 2.78. The number of carbonyl (C=O) groups excluding carboxylic acids is 1. The molecule has 0 saturated carbocycles. The molecule has 0 aromatic heterocycles. The summed E-state index contributed by atoms with van der Waals surface area (Å²) < 4.78 is 0. The lowest BCUT2D eigenvalue weighted by molar-refractivity contribution is -0.121. The summed E-state index contributed by atoms with van der Waals surface area (Å²) in [7, 11) is 0. The molecule has 0 atom stereocenters. The van der Waals surface area contributed by atoms with Crippen molar-refractivity contribution in [3.63, 3.8) is 0 Å². The maximum Gasteiger partial charge on any atom is 0.160 e. The van der Waals surface area contributed by atoms with Crippen LogP contribution in [0.25, 0.3) is 0 Å². The van der Waals surface area contributed by atoms with Crippen molar-refractivity contribution in [3.05, 3.63) is 0 Å². The van der Waals surface area contributed by atoms with E-state index in [4.69, 9.17) is 0 Å². The molecule has 2 heterocycles. The fraction of sp³-hybridized carbons (Fsp3) is 0.923. The number of hydrogen-bond acceptors (Lipinski definition) is 3. The Morgan fingerprint density at radius 1 is 0.706 bits per heavy atom. The minimum Gasteiger partial charge on any atom is -0.297 e. The molecular formula is C13H25ClN2O. The second kappa shape index (κ2) is 8.06. The van der Waals surface area contributed by atoms with Gasteiger partial charge in [-0.05, 0) is 51.9 Å². The third-order valence-corrected chi connectivity index (χ3v) is 3.70. The van der Waals surface area contributed by atoms with E-state index in [0.717, 1.165) is 26.2 Å². The van der Waals surface area contributed by atoms with Gasteiger partial charge in [0.25, 0.3) is 0 Å². The lowest BCUT2D eigenvalue weighted by Gasteiger charge is -2.29. The SMILES string of the molecule is Cl.O=C(CN1CCCCC1)CN1CCCCC1. The summed E-state index contributed by atoms with van der Waals surface area (Å²) in [4.78, 5) is 16.6. The molecule has 2 fully saturated rings. The number of likely N-dealkylation sites (tertiary alicyclic amines) is 2. The summed E-state index contributed by atoms with van der Waals surface area (Å²) in [5.41, 5.74) is 0. The molecule has 2 aliphatic rings. The van der Waals surface area contributed by atoms with Gasteiger partial charge in [-0.3, -0.25) is 14.6 Å². The Bertz CT molecular complexity index is 201. The van der Waals surface area contributed by atoms with Crippen LogP contribution in [0.3, 0.4) is 0 Å². The van der Waals surface area contributed by atoms with Gasteiger partial charge in [0.2, 0.25) is 0 Å². The van der Waals surface area contributed by atoms with Gasteiger partial charge in [-0.25, -0.2) is 0 Å². The van der Waals surface area contributed by atoms with E-state index in [-0.39, 0.29) is 12.4 Å². The van der Waals surface area contributed by atoms with Gasteiger partial charge in [0.05, 0.1) is 13.1 Å². The van der Waals surface area contributed by atoms with Crippen LogP contribution in [0.15, 0.2) is 0 Å². The minimum atomic E-state index is 0. The van der Waals surface area contributed by atoms with E-state index in [1.54, 1.807) is 0 Å². The maximum atomic E-state index is 11.9. The summed E-state index contributed by atoms with van der Waals surface area (Å²) >= 11 is 0. The second-order valence-corrected chi connectivity index (χ2v) is 5.21. The number of nitrogens with zero attached hydrogens (tertiary/aromatic N) is 2. The lowest BCUT2D eigenvalue weighted by Crippen LogP contribution is -2.41. The molecule has 0 aromatic rings. The van der Waals surface area contributed by atoms with Crippen LogP contribution >= 0.6 is 12.4 Å². The highest BCUT2D eigenvalue weighted by atomic mass is 35.5. The first-order valence-electron chi connectivity index (χ1n) is 6.81. The molecule has 2 saturated heterocycles. The van der Waals surface area contributed by atoms with Gasteiger partial charge in [0.15, 0.2) is 5.78 Å². The van der Waals surface area contributed by atoms with Crippen molar-refractivity contribution >= 4 is 18.2 Å². The predicted molar refractivity (Wildman–Crippen MR) is 72.8 cm³/mol. The first-order valence-corrected chi connectivity index (χ1v) is 6.81. The van der Waals surface area contributed by atoms with Crippen molar-refractivity contribution in [2.45, 2.75) is 38.5 Å². The zero-order valence-corrected chi connectivity index (χ0v) is 11.5. The molecule has 0 aromatic carbocycles. The topological polar surface area (TPSA) is 23.6 Å². The van der Waals surface area contributed by atoms with Gasteiger partial charge < -0.3 is 0 Å². The summed E-state index contributed by atoms with van der Waals surface area (Å²) in [5.74, 6) is 0.420. The molecule has 4 heteroatoms. The van der Waals surface area contributed by atoms with E-state index >= 15 is 0 Å². The van der Waals surface area contributed by atoms with Crippen molar-refractivity contribution in [2.24, 2.45) is 0 Å². The van der Waals surface area contributed by atoms with Crippen LogP contribution in [0.4, 0.5) is 0 Å². The Morgan fingerprint density at radius 2 is 1.06 bits per heavy atom. The number of hydrogen-bond donors (Lipinski definition) is 0. The molecule has 2 rings (SSSR count). The van der Waals surface area contributed by atoms with E-state index < -0.39 is 0 Å². The smallest absolute Gasteiger partial charge is 0.160 e. The standard InChI is InChI=1S/C13H24N2O.ClH/c16-13(11-14-7-3-1-4-8-14)12-15-9-5-2-6-10-15;/h1-12H2;1H. The average molecular weight is 261 g/mol. The van der Waals surface area contributed by atoms with Crippen LogP contribution in [-0.2, 0) is 4.79 Å². The Balaban J connectivity index is 0.00000144. The molecule has 0 aliphatic carbocycles. The number of halogens is 1. The molecule has 0 radical (unpaired) electrons. The third-order valence-electron chi connectivity index (χ3n) is 3.70. The van der Waals surface area contributed by atoms with Crippen molar-refractivity contribution in [2.75, 3.05) is 39.3 Å². The van der Waals surface area contributed by atoms with Crippen LogP contribution in [0, 0.1) is 0 Å². The van der Waals surface area contributed by atoms with Crippen LogP contribution in [0.2, 0.25) is 0 Å². The summed E-state index contributed by atoms with van der Waals surface area (Å²) in [6.07, 6.45) is 7.79. The van der Waals surface area contributed by atoms with Crippen molar-refractivity contribution in [1.82, 2.24) is 9.80 Å². The second-order valence-electron chi connectivity index (χ2n) is 5.21. The molecule has 0 unspecified atom stereocenters. The minimum absolute atomic E-state index is 0. The molecule has 100 valence electrons. The van der Waals surface area contributed by atoms with Gasteiger partial charge in [-0.15, -0.1) is 12.4 Å². The molecule has 17 heavy (non-hydrogen) atoms. The number of rotatable bonds is 4. The number of carbonyl (C=O) groups is 1. The highest BCUT2D eigenvalue weighted by molar-refractivity contribution is 5.85. The molecule has 0 N–H and O–H groups in total. The first-order chi connectivity index (χ1) is 7.84. The van der Waals surface area contributed by atoms with Gasteiger partial charge in [0.1, 0.15) is 0 Å². The van der Waals surface area contributed by atoms with Crippen LogP contribution in [0.1, 0.15) is 38.5 Å². The van der Waals surface area contributed by atoms with Crippen LogP contribution in [0.5, 0.6) is 0 Å². The predicted octanol–water partition coefficient (Wildman–Crippen LogP) is 1.95. The molecular weight excluding hydrogens is 236 g/mol. The van der Waals surface area contributed by atoms with Crippen molar-refractivity contribution in [1.29, 1.82) is 0 Å². The van der Waals surface area contributed by atoms with E-state index in [0.29, 0.717) is 18.9 Å².